The lowest BCUT2D eigenvalue weighted by Crippen LogP contribution is -2.09. The Hall–Kier alpha value is -1.91. The smallest absolute Gasteiger partial charge is 0.344 e. The number of rotatable bonds is 2. The number of aryl methyl sites for hydroxylation is 1. The van der Waals surface area contributed by atoms with E-state index in [1.807, 2.05) is 0 Å². The van der Waals surface area contributed by atoms with E-state index in [-0.39, 0.29) is 5.69 Å². The van der Waals surface area contributed by atoms with Crippen molar-refractivity contribution in [2.45, 2.75) is 13.1 Å². The van der Waals surface area contributed by atoms with Gasteiger partial charge in [0.1, 0.15) is 5.65 Å². The van der Waals surface area contributed by atoms with E-state index in [4.69, 9.17) is 5.11 Å². The lowest BCUT2D eigenvalue weighted by Gasteiger charge is -2.03. The molecule has 0 amide bonds. The quantitative estimate of drug-likeness (QED) is 0.817. The Bertz CT molecular complexity index is 521. The third-order valence-electron chi connectivity index (χ3n) is 2.21. The van der Waals surface area contributed by atoms with Gasteiger partial charge in [0.2, 0.25) is 6.17 Å². The molecule has 4 nitrogen and oxygen atoms in total. The molecule has 0 aliphatic rings. The summed E-state index contributed by atoms with van der Waals surface area (Å²) in [5.41, 5.74) is 1.03. The van der Waals surface area contributed by atoms with Gasteiger partial charge in [-0.2, -0.15) is 0 Å². The van der Waals surface area contributed by atoms with Crippen molar-refractivity contribution in [2.75, 3.05) is 0 Å². The Morgan fingerprint density at radius 1 is 1.60 bits per heavy atom. The summed E-state index contributed by atoms with van der Waals surface area (Å²) in [6.45, 7) is 1.60. The molecule has 0 aliphatic heterocycles. The number of carbonyl (C=O) groups is 1. The number of pyridine rings is 1. The molecular formula is C10H9FN2O2. The minimum Gasteiger partial charge on any atom is -0.479 e. The van der Waals surface area contributed by atoms with Crippen molar-refractivity contribution in [2.24, 2.45) is 0 Å². The molecule has 5 heteroatoms. The van der Waals surface area contributed by atoms with Gasteiger partial charge >= 0.3 is 5.97 Å². The zero-order chi connectivity index (χ0) is 11.0. The number of aliphatic carboxylic acids is 1. The molecule has 78 valence electrons. The van der Waals surface area contributed by atoms with Crippen LogP contribution in [-0.4, -0.2) is 20.5 Å². The van der Waals surface area contributed by atoms with Crippen LogP contribution in [0.5, 0.6) is 0 Å². The highest BCUT2D eigenvalue weighted by molar-refractivity contribution is 5.74. The van der Waals surface area contributed by atoms with E-state index in [1.165, 1.54) is 4.40 Å². The van der Waals surface area contributed by atoms with Crippen LogP contribution in [-0.2, 0) is 4.79 Å². The maximum absolute atomic E-state index is 13.4. The fourth-order valence-electron chi connectivity index (χ4n) is 1.55. The summed E-state index contributed by atoms with van der Waals surface area (Å²) in [5.74, 6) is -1.50. The second-order valence-corrected chi connectivity index (χ2v) is 3.21. The first-order valence-corrected chi connectivity index (χ1v) is 4.41. The molecule has 15 heavy (non-hydrogen) atoms. The predicted octanol–water partition coefficient (Wildman–Crippen LogP) is 1.74. The molecule has 2 heterocycles. The van der Waals surface area contributed by atoms with Crippen molar-refractivity contribution in [1.29, 1.82) is 0 Å². The molecule has 2 rings (SSSR count). The van der Waals surface area contributed by atoms with Crippen LogP contribution in [0.15, 0.2) is 24.4 Å². The minimum atomic E-state index is -2.04. The van der Waals surface area contributed by atoms with Gasteiger partial charge in [-0.25, -0.2) is 14.2 Å². The van der Waals surface area contributed by atoms with E-state index >= 15 is 0 Å². The van der Waals surface area contributed by atoms with Gasteiger partial charge in [0, 0.05) is 6.20 Å². The zero-order valence-corrected chi connectivity index (χ0v) is 8.01. The molecule has 1 atom stereocenters. The van der Waals surface area contributed by atoms with Crippen molar-refractivity contribution in [3.63, 3.8) is 0 Å². The van der Waals surface area contributed by atoms with Crippen molar-refractivity contribution in [3.8, 4) is 0 Å². The fraction of sp³-hybridized carbons (Fsp3) is 0.200. The van der Waals surface area contributed by atoms with E-state index < -0.39 is 12.1 Å². The molecule has 0 bridgehead atoms. The van der Waals surface area contributed by atoms with Gasteiger partial charge in [-0.05, 0) is 19.1 Å². The molecule has 2 aromatic heterocycles. The predicted molar refractivity (Wildman–Crippen MR) is 51.4 cm³/mol. The number of hydrogen-bond acceptors (Lipinski definition) is 2. The molecule has 0 aromatic carbocycles. The Kier molecular flexibility index (Phi) is 2.15. The average Bonchev–Trinajstić information content (AvgIpc) is 2.52. The van der Waals surface area contributed by atoms with Crippen molar-refractivity contribution < 1.29 is 14.3 Å². The Labute approximate surface area is 85.0 Å². The molecule has 0 radical (unpaired) electrons. The van der Waals surface area contributed by atoms with E-state index in [1.54, 1.807) is 31.3 Å². The molecular weight excluding hydrogens is 199 g/mol. The second kappa shape index (κ2) is 3.34. The minimum absolute atomic E-state index is 0.0816. The Morgan fingerprint density at radius 2 is 2.33 bits per heavy atom. The molecule has 0 fully saturated rings. The van der Waals surface area contributed by atoms with Crippen LogP contribution in [0.3, 0.4) is 0 Å². The average molecular weight is 208 g/mol. The highest BCUT2D eigenvalue weighted by Gasteiger charge is 2.24. The highest BCUT2D eigenvalue weighted by Crippen LogP contribution is 2.22. The summed E-state index contributed by atoms with van der Waals surface area (Å²) < 4.78 is 14.9. The van der Waals surface area contributed by atoms with E-state index in [0.717, 1.165) is 0 Å². The number of imidazole rings is 1. The monoisotopic (exact) mass is 208 g/mol. The van der Waals surface area contributed by atoms with Crippen LogP contribution in [0.4, 0.5) is 4.39 Å². The Balaban J connectivity index is 2.68. The van der Waals surface area contributed by atoms with Crippen LogP contribution in [0.25, 0.3) is 5.65 Å². The van der Waals surface area contributed by atoms with Gasteiger partial charge in [0.15, 0.2) is 0 Å². The Morgan fingerprint density at radius 3 is 3.00 bits per heavy atom. The number of halogens is 1. The summed E-state index contributed by atoms with van der Waals surface area (Å²) in [6, 6.07) is 5.16. The maximum Gasteiger partial charge on any atom is 0.344 e. The fourth-order valence-corrected chi connectivity index (χ4v) is 1.55. The van der Waals surface area contributed by atoms with Crippen LogP contribution in [0.1, 0.15) is 17.6 Å². The van der Waals surface area contributed by atoms with Crippen molar-refractivity contribution in [3.05, 3.63) is 35.8 Å². The summed E-state index contributed by atoms with van der Waals surface area (Å²) in [6.07, 6.45) is -0.442. The maximum atomic E-state index is 13.4. The van der Waals surface area contributed by atoms with Crippen molar-refractivity contribution in [1.82, 2.24) is 9.38 Å². The van der Waals surface area contributed by atoms with Gasteiger partial charge in [-0.15, -0.1) is 0 Å². The number of fused-ring (bicyclic) bond motifs is 1. The summed E-state index contributed by atoms with van der Waals surface area (Å²) in [4.78, 5) is 14.7. The van der Waals surface area contributed by atoms with Crippen molar-refractivity contribution >= 4 is 11.6 Å². The third kappa shape index (κ3) is 1.45. The highest BCUT2D eigenvalue weighted by atomic mass is 19.1. The number of alkyl halides is 1. The van der Waals surface area contributed by atoms with Crippen LogP contribution < -0.4 is 0 Å². The normalized spacial score (nSPS) is 12.9. The summed E-state index contributed by atoms with van der Waals surface area (Å²) in [5, 5.41) is 8.62. The number of nitrogens with zero attached hydrogens (tertiary/aromatic N) is 2. The molecule has 0 saturated carbocycles. The molecule has 0 aliphatic carbocycles. The first-order chi connectivity index (χ1) is 7.11. The lowest BCUT2D eigenvalue weighted by molar-refractivity contribution is -0.143. The number of aromatic nitrogens is 2. The van der Waals surface area contributed by atoms with E-state index in [2.05, 4.69) is 4.98 Å². The summed E-state index contributed by atoms with van der Waals surface area (Å²) in [7, 11) is 0. The molecule has 1 unspecified atom stereocenters. The van der Waals surface area contributed by atoms with Gasteiger partial charge in [0.25, 0.3) is 0 Å². The first kappa shape index (κ1) is 9.64. The number of carboxylic acid groups (broad SMARTS) is 1. The van der Waals surface area contributed by atoms with Gasteiger partial charge in [0.05, 0.1) is 11.4 Å². The molecule has 0 saturated heterocycles. The zero-order valence-electron chi connectivity index (χ0n) is 8.01. The SMILES string of the molecule is Cc1nc2ccccn2c1C(F)C(=O)O. The molecule has 2 aromatic rings. The van der Waals surface area contributed by atoms with Crippen LogP contribution in [0, 0.1) is 6.92 Å². The van der Waals surface area contributed by atoms with E-state index in [0.29, 0.717) is 11.3 Å². The van der Waals surface area contributed by atoms with Gasteiger partial charge < -0.3 is 9.51 Å². The largest absolute Gasteiger partial charge is 0.479 e. The summed E-state index contributed by atoms with van der Waals surface area (Å²) >= 11 is 0. The van der Waals surface area contributed by atoms with Gasteiger partial charge in [-0.1, -0.05) is 6.07 Å². The first-order valence-electron chi connectivity index (χ1n) is 4.41. The van der Waals surface area contributed by atoms with Gasteiger partial charge in [-0.3, -0.25) is 0 Å². The number of hydrogen-bond donors (Lipinski definition) is 1. The molecule has 1 N–H and O–H groups in total. The topological polar surface area (TPSA) is 54.6 Å². The van der Waals surface area contributed by atoms with E-state index in [9.17, 15) is 9.18 Å². The second-order valence-electron chi connectivity index (χ2n) is 3.21. The standard InChI is InChI=1S/C10H9FN2O2/c1-6-9(8(11)10(14)15)13-5-3-2-4-7(13)12-6/h2-5,8H,1H3,(H,14,15). The molecule has 0 spiro atoms. The number of carboxylic acids is 1. The third-order valence-corrected chi connectivity index (χ3v) is 2.21. The van der Waals surface area contributed by atoms with Crippen LogP contribution in [0.2, 0.25) is 0 Å². The van der Waals surface area contributed by atoms with Crippen LogP contribution >= 0.6 is 0 Å². The lowest BCUT2D eigenvalue weighted by atomic mass is 10.2.